The summed E-state index contributed by atoms with van der Waals surface area (Å²) in [5.74, 6) is 0.243. The SMILES string of the molecule is Nc1ncnc2c(-c3cccc(Cl)c3Cl)cc(B(O)O)cc12. The molecule has 0 fully saturated rings. The molecule has 0 saturated carbocycles. The first-order valence-corrected chi connectivity index (χ1v) is 7.09. The Morgan fingerprint density at radius 1 is 1.05 bits per heavy atom. The highest BCUT2D eigenvalue weighted by Gasteiger charge is 2.19. The molecule has 22 heavy (non-hydrogen) atoms. The van der Waals surface area contributed by atoms with Crippen molar-refractivity contribution in [2.75, 3.05) is 5.73 Å². The molecule has 0 aliphatic rings. The second-order valence-electron chi connectivity index (χ2n) is 4.70. The maximum Gasteiger partial charge on any atom is 0.488 e. The molecule has 0 unspecified atom stereocenters. The molecule has 1 heterocycles. The molecule has 0 amide bonds. The number of rotatable bonds is 2. The number of aromatic nitrogens is 2. The zero-order valence-corrected chi connectivity index (χ0v) is 12.7. The van der Waals surface area contributed by atoms with Crippen molar-refractivity contribution in [3.63, 3.8) is 0 Å². The largest absolute Gasteiger partial charge is 0.488 e. The zero-order valence-electron chi connectivity index (χ0n) is 11.2. The quantitative estimate of drug-likeness (QED) is 0.622. The zero-order chi connectivity index (χ0) is 15.9. The Kier molecular flexibility index (Phi) is 3.93. The fraction of sp³-hybridized carbons (Fsp3) is 0. The third kappa shape index (κ3) is 2.50. The summed E-state index contributed by atoms with van der Waals surface area (Å²) in [6, 6.07) is 8.33. The summed E-state index contributed by atoms with van der Waals surface area (Å²) in [5.41, 5.74) is 7.91. The monoisotopic (exact) mass is 333 g/mol. The molecule has 3 rings (SSSR count). The van der Waals surface area contributed by atoms with E-state index in [1.807, 2.05) is 0 Å². The van der Waals surface area contributed by atoms with Crippen molar-refractivity contribution in [3.8, 4) is 11.1 Å². The van der Waals surface area contributed by atoms with Crippen LogP contribution in [0.25, 0.3) is 22.0 Å². The van der Waals surface area contributed by atoms with Gasteiger partial charge in [0.2, 0.25) is 0 Å². The van der Waals surface area contributed by atoms with Crippen LogP contribution in [0.2, 0.25) is 10.0 Å². The van der Waals surface area contributed by atoms with Crippen molar-refractivity contribution in [1.29, 1.82) is 0 Å². The van der Waals surface area contributed by atoms with E-state index in [4.69, 9.17) is 28.9 Å². The first-order valence-electron chi connectivity index (χ1n) is 6.33. The van der Waals surface area contributed by atoms with Crippen LogP contribution in [0, 0.1) is 0 Å². The molecule has 0 spiro atoms. The number of hydrogen-bond acceptors (Lipinski definition) is 5. The molecule has 5 nitrogen and oxygen atoms in total. The Labute approximate surface area is 136 Å². The van der Waals surface area contributed by atoms with Crippen LogP contribution >= 0.6 is 23.2 Å². The minimum Gasteiger partial charge on any atom is -0.423 e. The van der Waals surface area contributed by atoms with Crippen LogP contribution in [-0.4, -0.2) is 27.1 Å². The molecular weight excluding hydrogens is 324 g/mol. The van der Waals surface area contributed by atoms with E-state index in [9.17, 15) is 10.0 Å². The molecule has 8 heteroatoms. The molecule has 2 aromatic carbocycles. The average Bonchev–Trinajstić information content (AvgIpc) is 2.50. The standard InChI is InChI=1S/C14H10BCl2N3O2/c16-11-3-1-2-8(12(11)17)9-4-7(15(21)22)5-10-13(9)19-6-20-14(10)18/h1-6,21-22H,(H2,18,19,20). The second-order valence-corrected chi connectivity index (χ2v) is 5.48. The minimum atomic E-state index is -1.65. The van der Waals surface area contributed by atoms with Crippen molar-refractivity contribution in [3.05, 3.63) is 46.7 Å². The van der Waals surface area contributed by atoms with Gasteiger partial charge in [0.05, 0.1) is 15.6 Å². The smallest absolute Gasteiger partial charge is 0.423 e. The Balaban J connectivity index is 2.42. The highest BCUT2D eigenvalue weighted by Crippen LogP contribution is 2.36. The van der Waals surface area contributed by atoms with Gasteiger partial charge in [-0.05, 0) is 17.6 Å². The summed E-state index contributed by atoms with van der Waals surface area (Å²) >= 11 is 12.3. The second kappa shape index (κ2) is 5.74. The lowest BCUT2D eigenvalue weighted by Gasteiger charge is -2.12. The summed E-state index contributed by atoms with van der Waals surface area (Å²) in [4.78, 5) is 8.16. The summed E-state index contributed by atoms with van der Waals surface area (Å²) in [6.07, 6.45) is 1.34. The van der Waals surface area contributed by atoms with Crippen molar-refractivity contribution >= 4 is 52.5 Å². The Morgan fingerprint density at radius 2 is 1.82 bits per heavy atom. The van der Waals surface area contributed by atoms with E-state index in [0.717, 1.165) is 0 Å². The van der Waals surface area contributed by atoms with Gasteiger partial charge in [0.1, 0.15) is 12.1 Å². The molecule has 0 aliphatic heterocycles. The highest BCUT2D eigenvalue weighted by molar-refractivity contribution is 6.59. The van der Waals surface area contributed by atoms with Gasteiger partial charge in [-0.3, -0.25) is 0 Å². The molecule has 0 bridgehead atoms. The molecule has 3 aromatic rings. The van der Waals surface area contributed by atoms with Crippen LogP contribution in [0.15, 0.2) is 36.7 Å². The fourth-order valence-corrected chi connectivity index (χ4v) is 2.68. The number of fused-ring (bicyclic) bond motifs is 1. The van der Waals surface area contributed by atoms with Gasteiger partial charge in [-0.15, -0.1) is 0 Å². The van der Waals surface area contributed by atoms with Crippen LogP contribution in [0.4, 0.5) is 5.82 Å². The molecule has 4 N–H and O–H groups in total. The van der Waals surface area contributed by atoms with Crippen molar-refractivity contribution < 1.29 is 10.0 Å². The van der Waals surface area contributed by atoms with Gasteiger partial charge in [0.25, 0.3) is 0 Å². The van der Waals surface area contributed by atoms with Gasteiger partial charge in [0.15, 0.2) is 0 Å². The lowest BCUT2D eigenvalue weighted by molar-refractivity contribution is 0.426. The van der Waals surface area contributed by atoms with Crippen LogP contribution in [0.5, 0.6) is 0 Å². The van der Waals surface area contributed by atoms with E-state index in [0.29, 0.717) is 32.1 Å². The van der Waals surface area contributed by atoms with E-state index in [2.05, 4.69) is 9.97 Å². The summed E-state index contributed by atoms with van der Waals surface area (Å²) < 4.78 is 0. The minimum absolute atomic E-state index is 0.243. The third-order valence-electron chi connectivity index (χ3n) is 3.33. The number of anilines is 1. The number of nitrogen functional groups attached to an aromatic ring is 1. The van der Waals surface area contributed by atoms with Crippen LogP contribution in [0.3, 0.4) is 0 Å². The van der Waals surface area contributed by atoms with Gasteiger partial charge >= 0.3 is 7.12 Å². The van der Waals surface area contributed by atoms with Gasteiger partial charge in [-0.1, -0.05) is 41.4 Å². The fourth-order valence-electron chi connectivity index (χ4n) is 2.28. The lowest BCUT2D eigenvalue weighted by atomic mass is 9.78. The van der Waals surface area contributed by atoms with Crippen LogP contribution in [0.1, 0.15) is 0 Å². The molecule has 0 aliphatic carbocycles. The highest BCUT2D eigenvalue weighted by atomic mass is 35.5. The number of halogens is 2. The number of nitrogens with two attached hydrogens (primary N) is 1. The lowest BCUT2D eigenvalue weighted by Crippen LogP contribution is -2.30. The summed E-state index contributed by atoms with van der Waals surface area (Å²) in [7, 11) is -1.65. The van der Waals surface area contributed by atoms with Gasteiger partial charge in [-0.25, -0.2) is 9.97 Å². The van der Waals surface area contributed by atoms with Crippen molar-refractivity contribution in [2.45, 2.75) is 0 Å². The predicted molar refractivity (Wildman–Crippen MR) is 89.2 cm³/mol. The predicted octanol–water partition coefficient (Wildman–Crippen LogP) is 1.87. The first kappa shape index (κ1) is 15.1. The maximum atomic E-state index is 9.48. The number of nitrogens with zero attached hydrogens (tertiary/aromatic N) is 2. The third-order valence-corrected chi connectivity index (χ3v) is 4.15. The van der Waals surface area contributed by atoms with E-state index >= 15 is 0 Å². The van der Waals surface area contributed by atoms with E-state index in [1.165, 1.54) is 12.4 Å². The van der Waals surface area contributed by atoms with Gasteiger partial charge in [0, 0.05) is 16.5 Å². The Hall–Kier alpha value is -1.86. The maximum absolute atomic E-state index is 9.48. The first-order chi connectivity index (χ1) is 10.5. The van der Waals surface area contributed by atoms with E-state index < -0.39 is 7.12 Å². The van der Waals surface area contributed by atoms with Crippen molar-refractivity contribution in [2.24, 2.45) is 0 Å². The molecule has 0 saturated heterocycles. The molecule has 0 atom stereocenters. The summed E-state index contributed by atoms with van der Waals surface area (Å²) in [5, 5.41) is 20.2. The van der Waals surface area contributed by atoms with Crippen LogP contribution in [-0.2, 0) is 0 Å². The molecule has 1 aromatic heterocycles. The summed E-state index contributed by atoms with van der Waals surface area (Å²) in [6.45, 7) is 0. The van der Waals surface area contributed by atoms with Crippen molar-refractivity contribution in [1.82, 2.24) is 9.97 Å². The molecule has 0 radical (unpaired) electrons. The molecular formula is C14H10BCl2N3O2. The van der Waals surface area contributed by atoms with Gasteiger partial charge in [-0.2, -0.15) is 0 Å². The average molecular weight is 334 g/mol. The Morgan fingerprint density at radius 3 is 2.55 bits per heavy atom. The number of hydrogen-bond donors (Lipinski definition) is 3. The van der Waals surface area contributed by atoms with E-state index in [-0.39, 0.29) is 11.3 Å². The normalized spacial score (nSPS) is 10.9. The van der Waals surface area contributed by atoms with Gasteiger partial charge < -0.3 is 15.8 Å². The number of benzene rings is 2. The Bertz CT molecular complexity index is 874. The molecule has 110 valence electrons. The topological polar surface area (TPSA) is 92.3 Å². The van der Waals surface area contributed by atoms with Crippen LogP contribution < -0.4 is 11.2 Å². The van der Waals surface area contributed by atoms with E-state index in [1.54, 1.807) is 24.3 Å².